The van der Waals surface area contributed by atoms with Crippen LogP contribution in [0, 0.1) is 5.92 Å². The average molecular weight is 135 g/mol. The summed E-state index contributed by atoms with van der Waals surface area (Å²) in [5.74, 6) is 0.881. The minimum Gasteiger partial charge on any atom is -0.123 e. The molecule has 1 saturated carbocycles. The summed E-state index contributed by atoms with van der Waals surface area (Å²) >= 11 is 5.86. The van der Waals surface area contributed by atoms with Crippen molar-refractivity contribution in [2.45, 2.75) is 39.0 Å². The summed E-state index contributed by atoms with van der Waals surface area (Å²) in [7, 11) is 0. The van der Waals surface area contributed by atoms with E-state index in [0.29, 0.717) is 5.38 Å². The molecule has 0 aromatic carbocycles. The van der Waals surface area contributed by atoms with E-state index in [9.17, 15) is 0 Å². The maximum absolute atomic E-state index is 5.86. The molecular weight excluding hydrogens is 120 g/mol. The molecule has 1 atom stereocenters. The lowest BCUT2D eigenvalue weighted by Gasteiger charge is -1.98. The van der Waals surface area contributed by atoms with Gasteiger partial charge in [0.25, 0.3) is 0 Å². The maximum atomic E-state index is 5.86. The van der Waals surface area contributed by atoms with E-state index in [1.807, 2.05) is 0 Å². The van der Waals surface area contributed by atoms with E-state index >= 15 is 0 Å². The molecule has 0 saturated heterocycles. The molecule has 0 nitrogen and oxygen atoms in total. The molecule has 0 radical (unpaired) electrons. The van der Waals surface area contributed by atoms with Gasteiger partial charge in [0, 0.05) is 5.38 Å². The zero-order valence-electron chi connectivity index (χ0n) is 4.65. The molecule has 1 heteroatoms. The largest absolute Gasteiger partial charge is 0.123 e. The fourth-order valence-corrected chi connectivity index (χ4v) is 1.04. The van der Waals surface area contributed by atoms with Crippen LogP contribution in [0.4, 0.5) is 0 Å². The van der Waals surface area contributed by atoms with Crippen molar-refractivity contribution in [1.29, 1.82) is 0 Å². The smallest absolute Gasteiger partial charge is 0.0361 e. The van der Waals surface area contributed by atoms with Gasteiger partial charge in [-0.25, -0.2) is 0 Å². The van der Waals surface area contributed by atoms with Crippen LogP contribution in [0.15, 0.2) is 0 Å². The van der Waals surface area contributed by atoms with Crippen molar-refractivity contribution in [3.63, 3.8) is 0 Å². The molecular formula is C7H15Cl. The molecule has 0 bridgehead atoms. The van der Waals surface area contributed by atoms with Crippen LogP contribution in [0.25, 0.3) is 0 Å². The Morgan fingerprint density at radius 1 is 1.62 bits per heavy atom. The molecule has 0 aromatic rings. The molecule has 0 aliphatic heterocycles. The average Bonchev–Trinajstić information content (AvgIpc) is 2.44. The van der Waals surface area contributed by atoms with Crippen LogP contribution in [0.5, 0.6) is 0 Å². The molecule has 0 N–H and O–H groups in total. The van der Waals surface area contributed by atoms with Gasteiger partial charge in [0.2, 0.25) is 0 Å². The first kappa shape index (κ1) is 8.29. The van der Waals surface area contributed by atoms with Crippen LogP contribution in [-0.2, 0) is 0 Å². The topological polar surface area (TPSA) is 0 Å². The van der Waals surface area contributed by atoms with Gasteiger partial charge in [0.1, 0.15) is 0 Å². The predicted octanol–water partition coefficient (Wildman–Crippen LogP) is 3.05. The standard InChI is InChI=1S/C6H11Cl.CH4/c1-2-6(7)5-3-4-5;/h5-6H,2-4H2,1H3;1H4. The summed E-state index contributed by atoms with van der Waals surface area (Å²) in [5.41, 5.74) is 0. The van der Waals surface area contributed by atoms with Crippen LogP contribution in [0.1, 0.15) is 33.6 Å². The fourth-order valence-electron chi connectivity index (χ4n) is 0.791. The highest BCUT2D eigenvalue weighted by Crippen LogP contribution is 2.36. The Labute approximate surface area is 57.2 Å². The number of hydrogen-bond donors (Lipinski definition) is 0. The van der Waals surface area contributed by atoms with E-state index in [-0.39, 0.29) is 7.43 Å². The second-order valence-corrected chi connectivity index (χ2v) is 2.82. The van der Waals surface area contributed by atoms with Gasteiger partial charge in [0.15, 0.2) is 0 Å². The Morgan fingerprint density at radius 2 is 2.12 bits per heavy atom. The van der Waals surface area contributed by atoms with Crippen molar-refractivity contribution in [1.82, 2.24) is 0 Å². The summed E-state index contributed by atoms with van der Waals surface area (Å²) in [6.45, 7) is 2.15. The first-order valence-electron chi connectivity index (χ1n) is 2.98. The number of halogens is 1. The lowest BCUT2D eigenvalue weighted by Crippen LogP contribution is -1.96. The van der Waals surface area contributed by atoms with Crippen LogP contribution in [0.3, 0.4) is 0 Å². The lowest BCUT2D eigenvalue weighted by molar-refractivity contribution is 0.718. The van der Waals surface area contributed by atoms with Crippen molar-refractivity contribution in [2.24, 2.45) is 5.92 Å². The summed E-state index contributed by atoms with van der Waals surface area (Å²) in [5, 5.41) is 0.486. The molecule has 1 rings (SSSR count). The van der Waals surface area contributed by atoms with Gasteiger partial charge in [0.05, 0.1) is 0 Å². The molecule has 1 aliphatic rings. The molecule has 8 heavy (non-hydrogen) atoms. The van der Waals surface area contributed by atoms with E-state index in [2.05, 4.69) is 6.92 Å². The van der Waals surface area contributed by atoms with E-state index < -0.39 is 0 Å². The molecule has 0 aromatic heterocycles. The van der Waals surface area contributed by atoms with Gasteiger partial charge in [-0.05, 0) is 25.2 Å². The van der Waals surface area contributed by atoms with Gasteiger partial charge in [-0.15, -0.1) is 11.6 Å². The van der Waals surface area contributed by atoms with Crippen molar-refractivity contribution in [2.75, 3.05) is 0 Å². The molecule has 50 valence electrons. The Kier molecular flexibility index (Phi) is 3.46. The van der Waals surface area contributed by atoms with Crippen molar-refractivity contribution < 1.29 is 0 Å². The lowest BCUT2D eigenvalue weighted by atomic mass is 10.2. The molecule has 1 aliphatic carbocycles. The molecule has 0 spiro atoms. The Morgan fingerprint density at radius 3 is 2.25 bits per heavy atom. The fraction of sp³-hybridized carbons (Fsp3) is 1.00. The summed E-state index contributed by atoms with van der Waals surface area (Å²) < 4.78 is 0. The number of hydrogen-bond acceptors (Lipinski definition) is 0. The third-order valence-corrected chi connectivity index (χ3v) is 2.19. The normalized spacial score (nSPS) is 21.8. The van der Waals surface area contributed by atoms with Crippen LogP contribution < -0.4 is 0 Å². The predicted molar refractivity (Wildman–Crippen MR) is 39.4 cm³/mol. The van der Waals surface area contributed by atoms with E-state index in [1.165, 1.54) is 12.8 Å². The Hall–Kier alpha value is 0.290. The first-order chi connectivity index (χ1) is 3.34. The second-order valence-electron chi connectivity index (χ2n) is 2.26. The van der Waals surface area contributed by atoms with Gasteiger partial charge >= 0.3 is 0 Å². The van der Waals surface area contributed by atoms with Gasteiger partial charge < -0.3 is 0 Å². The van der Waals surface area contributed by atoms with Crippen LogP contribution in [0.2, 0.25) is 0 Å². The minimum absolute atomic E-state index is 0. The highest BCUT2D eigenvalue weighted by atomic mass is 35.5. The summed E-state index contributed by atoms with van der Waals surface area (Å²) in [4.78, 5) is 0. The van der Waals surface area contributed by atoms with Crippen LogP contribution in [-0.4, -0.2) is 5.38 Å². The SMILES string of the molecule is C.CCC(Cl)C1CC1. The van der Waals surface area contributed by atoms with Gasteiger partial charge in [-0.1, -0.05) is 14.4 Å². The Bertz CT molecular complexity index is 57.4. The van der Waals surface area contributed by atoms with Crippen molar-refractivity contribution in [3.05, 3.63) is 0 Å². The van der Waals surface area contributed by atoms with Crippen LogP contribution >= 0.6 is 11.6 Å². The van der Waals surface area contributed by atoms with Crippen molar-refractivity contribution in [3.8, 4) is 0 Å². The first-order valence-corrected chi connectivity index (χ1v) is 3.42. The third kappa shape index (κ3) is 2.04. The van der Waals surface area contributed by atoms with Gasteiger partial charge in [-0.2, -0.15) is 0 Å². The quantitative estimate of drug-likeness (QED) is 0.510. The minimum atomic E-state index is 0. The Balaban J connectivity index is 0.000000490. The zero-order valence-corrected chi connectivity index (χ0v) is 5.41. The molecule has 1 fully saturated rings. The van der Waals surface area contributed by atoms with Gasteiger partial charge in [-0.3, -0.25) is 0 Å². The molecule has 0 heterocycles. The summed E-state index contributed by atoms with van der Waals surface area (Å²) in [6.07, 6.45) is 3.90. The van der Waals surface area contributed by atoms with E-state index in [0.717, 1.165) is 12.3 Å². The zero-order chi connectivity index (χ0) is 5.28. The third-order valence-electron chi connectivity index (χ3n) is 1.52. The van der Waals surface area contributed by atoms with E-state index in [1.54, 1.807) is 0 Å². The number of alkyl halides is 1. The highest BCUT2D eigenvalue weighted by Gasteiger charge is 2.27. The maximum Gasteiger partial charge on any atom is 0.0361 e. The number of rotatable bonds is 2. The highest BCUT2D eigenvalue weighted by molar-refractivity contribution is 6.20. The molecule has 1 unspecified atom stereocenters. The second kappa shape index (κ2) is 3.34. The van der Waals surface area contributed by atoms with Crippen molar-refractivity contribution >= 4 is 11.6 Å². The van der Waals surface area contributed by atoms with E-state index in [4.69, 9.17) is 11.6 Å². The molecule has 0 amide bonds. The monoisotopic (exact) mass is 134 g/mol. The summed E-state index contributed by atoms with van der Waals surface area (Å²) in [6, 6.07) is 0.